The molecule has 9 heteroatoms. The Balaban J connectivity index is 1.61. The number of aliphatic hydroxyl groups is 1. The molecular formula is C25H31FN2O5S. The van der Waals surface area contributed by atoms with Crippen molar-refractivity contribution in [1.29, 1.82) is 0 Å². The molecular weight excluding hydrogens is 459 g/mol. The summed E-state index contributed by atoms with van der Waals surface area (Å²) in [5, 5.41) is 13.1. The van der Waals surface area contributed by atoms with Gasteiger partial charge in [0, 0.05) is 18.6 Å². The molecule has 0 saturated carbocycles. The molecule has 4 atom stereocenters. The number of alkyl halides is 1. The Morgan fingerprint density at radius 1 is 1.12 bits per heavy atom. The molecule has 7 nitrogen and oxygen atoms in total. The van der Waals surface area contributed by atoms with Crippen LogP contribution in [-0.2, 0) is 20.0 Å². The molecule has 1 saturated heterocycles. The monoisotopic (exact) mass is 490 g/mol. The Hall–Kier alpha value is -2.17. The Bertz CT molecular complexity index is 1050. The summed E-state index contributed by atoms with van der Waals surface area (Å²) in [4.78, 5) is 8.56. The molecule has 1 aromatic carbocycles. The van der Waals surface area contributed by atoms with Gasteiger partial charge < -0.3 is 24.1 Å². The van der Waals surface area contributed by atoms with Gasteiger partial charge >= 0.3 is 0 Å². The molecule has 0 amide bonds. The van der Waals surface area contributed by atoms with Crippen LogP contribution in [0, 0.1) is 0 Å². The Kier molecular flexibility index (Phi) is 8.44. The van der Waals surface area contributed by atoms with Crippen LogP contribution in [0.2, 0.25) is 0 Å². The van der Waals surface area contributed by atoms with Crippen LogP contribution in [-0.4, -0.2) is 53.3 Å². The topological polar surface area (TPSA) is 82.9 Å². The molecule has 0 aliphatic carbocycles. The number of halogens is 1. The Labute approximate surface area is 202 Å². The van der Waals surface area contributed by atoms with Gasteiger partial charge in [-0.1, -0.05) is 44.9 Å². The second-order valence-corrected chi connectivity index (χ2v) is 9.17. The maximum Gasteiger partial charge on any atom is 0.240 e. The quantitative estimate of drug-likeness (QED) is 0.342. The largest absolute Gasteiger partial charge is 0.437 e. The normalized spacial score (nSPS) is 24.6. The number of thiophene rings is 1. The highest BCUT2D eigenvalue weighted by Gasteiger charge is 2.58. The van der Waals surface area contributed by atoms with E-state index in [4.69, 9.17) is 18.9 Å². The number of fused-ring (bicyclic) bond motifs is 1. The summed E-state index contributed by atoms with van der Waals surface area (Å²) in [6.45, 7) is 5.17. The fraction of sp³-hybridized carbons (Fsp3) is 0.520. The summed E-state index contributed by atoms with van der Waals surface area (Å²) in [5.41, 5.74) is 0.622. The van der Waals surface area contributed by atoms with Crippen molar-refractivity contribution < 1.29 is 28.4 Å². The van der Waals surface area contributed by atoms with Crippen molar-refractivity contribution >= 4 is 21.6 Å². The molecule has 3 heterocycles. The minimum atomic E-state index is -2.22. The second-order valence-electron chi connectivity index (χ2n) is 8.29. The van der Waals surface area contributed by atoms with Gasteiger partial charge in [-0.25, -0.2) is 14.4 Å². The number of hydrogen-bond acceptors (Lipinski definition) is 8. The third kappa shape index (κ3) is 5.23. The standard InChI is InChI=1S/C25H31FN2O5S/c1-3-5-12-30-14-19-21(31-13-6-4-2)23(26)25(29,33-19)18-15-34-22-20(18)27-16-28-24(22)32-17-10-8-7-9-11-17/h7-11,15-16,19,21,23,29H,3-6,12-14H2,1-2H3/t19-,21-,23-,25?/m1/s1. The first kappa shape index (κ1) is 24.9. The van der Waals surface area contributed by atoms with Gasteiger partial charge in [-0.2, -0.15) is 0 Å². The summed E-state index contributed by atoms with van der Waals surface area (Å²) in [7, 11) is 0. The Morgan fingerprint density at radius 2 is 1.88 bits per heavy atom. The van der Waals surface area contributed by atoms with E-state index < -0.39 is 24.2 Å². The third-order valence-corrected chi connectivity index (χ3v) is 6.71. The minimum absolute atomic E-state index is 0.138. The number of nitrogens with zero attached hydrogens (tertiary/aromatic N) is 2. The van der Waals surface area contributed by atoms with Gasteiger partial charge in [-0.3, -0.25) is 0 Å². The average Bonchev–Trinajstić information content (AvgIpc) is 3.39. The zero-order valence-corrected chi connectivity index (χ0v) is 20.3. The van der Waals surface area contributed by atoms with Gasteiger partial charge in [0.2, 0.25) is 11.7 Å². The maximum absolute atomic E-state index is 15.8. The molecule has 3 aromatic rings. The third-order valence-electron chi connectivity index (χ3n) is 5.76. The predicted octanol–water partition coefficient (Wildman–Crippen LogP) is 5.37. The lowest BCUT2D eigenvalue weighted by molar-refractivity contribution is -0.228. The molecule has 34 heavy (non-hydrogen) atoms. The first-order valence-corrected chi connectivity index (χ1v) is 12.7. The fourth-order valence-electron chi connectivity index (χ4n) is 3.87. The number of aromatic nitrogens is 2. The molecule has 0 spiro atoms. The van der Waals surface area contributed by atoms with E-state index in [0.29, 0.717) is 35.1 Å². The van der Waals surface area contributed by atoms with Crippen LogP contribution in [0.4, 0.5) is 4.39 Å². The molecule has 1 unspecified atom stereocenters. The SMILES string of the molecule is CCCCOC[C@H]1OC(O)(c2csc3c(Oc4ccccc4)ncnc23)[C@H](F)[C@@H]1OCCCC. The van der Waals surface area contributed by atoms with E-state index >= 15 is 4.39 Å². The van der Waals surface area contributed by atoms with Crippen molar-refractivity contribution in [2.24, 2.45) is 0 Å². The van der Waals surface area contributed by atoms with Gasteiger partial charge in [0.15, 0.2) is 6.17 Å². The van der Waals surface area contributed by atoms with Gasteiger partial charge in [0.25, 0.3) is 0 Å². The van der Waals surface area contributed by atoms with Crippen LogP contribution >= 0.6 is 11.3 Å². The van der Waals surface area contributed by atoms with Crippen molar-refractivity contribution in [2.45, 2.75) is 63.7 Å². The summed E-state index contributed by atoms with van der Waals surface area (Å²) >= 11 is 1.27. The summed E-state index contributed by atoms with van der Waals surface area (Å²) in [6, 6.07) is 9.24. The average molecular weight is 491 g/mol. The van der Waals surface area contributed by atoms with Gasteiger partial charge in [0.05, 0.1) is 17.7 Å². The Morgan fingerprint density at radius 3 is 2.65 bits per heavy atom. The second kappa shape index (κ2) is 11.5. The van der Waals surface area contributed by atoms with E-state index in [-0.39, 0.29) is 12.2 Å². The lowest BCUT2D eigenvalue weighted by Gasteiger charge is -2.24. The highest BCUT2D eigenvalue weighted by molar-refractivity contribution is 7.17. The number of unbranched alkanes of at least 4 members (excludes halogenated alkanes) is 2. The first-order chi connectivity index (χ1) is 16.6. The van der Waals surface area contributed by atoms with Gasteiger partial charge in [0.1, 0.15) is 29.0 Å². The highest BCUT2D eigenvalue weighted by Crippen LogP contribution is 2.46. The first-order valence-electron chi connectivity index (χ1n) is 11.8. The van der Waals surface area contributed by atoms with Crippen molar-refractivity contribution in [3.05, 3.63) is 47.6 Å². The zero-order valence-electron chi connectivity index (χ0n) is 19.5. The molecule has 4 rings (SSSR count). The summed E-state index contributed by atoms with van der Waals surface area (Å²) in [5.74, 6) is -1.27. The van der Waals surface area contributed by atoms with Crippen LogP contribution in [0.15, 0.2) is 42.0 Å². The fourth-order valence-corrected chi connectivity index (χ4v) is 4.86. The van der Waals surface area contributed by atoms with Crippen LogP contribution in [0.3, 0.4) is 0 Å². The number of rotatable bonds is 12. The predicted molar refractivity (Wildman–Crippen MR) is 128 cm³/mol. The van der Waals surface area contributed by atoms with Crippen molar-refractivity contribution in [1.82, 2.24) is 9.97 Å². The zero-order chi connectivity index (χ0) is 24.0. The molecule has 1 aliphatic heterocycles. The van der Waals surface area contributed by atoms with E-state index in [1.807, 2.05) is 37.3 Å². The van der Waals surface area contributed by atoms with Crippen molar-refractivity contribution in [2.75, 3.05) is 19.8 Å². The molecule has 0 radical (unpaired) electrons. The number of ether oxygens (including phenoxy) is 4. The van der Waals surface area contributed by atoms with E-state index in [2.05, 4.69) is 16.9 Å². The van der Waals surface area contributed by atoms with Crippen LogP contribution in [0.5, 0.6) is 11.6 Å². The van der Waals surface area contributed by atoms with Gasteiger partial charge in [-0.15, -0.1) is 11.3 Å². The molecule has 1 N–H and O–H groups in total. The van der Waals surface area contributed by atoms with Crippen LogP contribution < -0.4 is 4.74 Å². The molecule has 2 aromatic heterocycles. The molecule has 184 valence electrons. The van der Waals surface area contributed by atoms with E-state index in [0.717, 1.165) is 25.7 Å². The molecule has 1 aliphatic rings. The molecule has 0 bridgehead atoms. The minimum Gasteiger partial charge on any atom is -0.437 e. The maximum atomic E-state index is 15.8. The smallest absolute Gasteiger partial charge is 0.240 e. The van der Waals surface area contributed by atoms with Crippen LogP contribution in [0.1, 0.15) is 45.1 Å². The van der Waals surface area contributed by atoms with E-state index in [1.165, 1.54) is 17.7 Å². The summed E-state index contributed by atoms with van der Waals surface area (Å²) in [6.07, 6.45) is 1.43. The number of para-hydroxylation sites is 1. The van der Waals surface area contributed by atoms with Gasteiger partial charge in [-0.05, 0) is 25.0 Å². The van der Waals surface area contributed by atoms with Crippen LogP contribution in [0.25, 0.3) is 10.2 Å². The van der Waals surface area contributed by atoms with E-state index in [9.17, 15) is 5.11 Å². The van der Waals surface area contributed by atoms with Crippen molar-refractivity contribution in [3.63, 3.8) is 0 Å². The highest BCUT2D eigenvalue weighted by atomic mass is 32.1. The lowest BCUT2D eigenvalue weighted by atomic mass is 10.0. The van der Waals surface area contributed by atoms with E-state index in [1.54, 1.807) is 5.38 Å². The van der Waals surface area contributed by atoms with Crippen molar-refractivity contribution in [3.8, 4) is 11.6 Å². The number of hydrogen-bond donors (Lipinski definition) is 1. The number of benzene rings is 1. The molecule has 1 fully saturated rings. The lowest BCUT2D eigenvalue weighted by Crippen LogP contribution is -2.39. The summed E-state index contributed by atoms with van der Waals surface area (Å²) < 4.78 is 39.8.